The number of hydrogen-bond acceptors (Lipinski definition) is 7. The molecule has 3 aliphatic heterocycles. The van der Waals surface area contributed by atoms with Crippen LogP contribution in [0.4, 0.5) is 102 Å². The second-order valence-electron chi connectivity index (χ2n) is 16.9. The van der Waals surface area contributed by atoms with Gasteiger partial charge in [-0.15, -0.1) is 0 Å². The van der Waals surface area contributed by atoms with E-state index in [-0.39, 0.29) is 0 Å². The Balaban J connectivity index is 1.16. The van der Waals surface area contributed by atoms with E-state index in [0.717, 1.165) is 102 Å². The third-order valence-corrected chi connectivity index (χ3v) is 13.1. The highest BCUT2D eigenvalue weighted by Gasteiger charge is 2.40. The van der Waals surface area contributed by atoms with Gasteiger partial charge in [0.25, 0.3) is 0 Å². The minimum Gasteiger partial charge on any atom is -0.306 e. The molecule has 0 bridgehead atoms. The number of anilines is 18. The molecular weight excluding hydrogens is 831 g/mol. The monoisotopic (exact) mass is 871 g/mol. The van der Waals surface area contributed by atoms with Gasteiger partial charge in [-0.2, -0.15) is 5.26 Å². The molecule has 0 N–H and O–H groups in total. The number of rotatable bonds is 6. The van der Waals surface area contributed by atoms with Crippen LogP contribution in [0.3, 0.4) is 0 Å². The first kappa shape index (κ1) is 38.9. The van der Waals surface area contributed by atoms with Gasteiger partial charge in [0, 0.05) is 17.1 Å². The topological polar surface area (TPSA) is 43.2 Å². The van der Waals surface area contributed by atoms with E-state index in [2.05, 4.69) is 284 Å². The Morgan fingerprint density at radius 3 is 0.662 bits per heavy atom. The van der Waals surface area contributed by atoms with Gasteiger partial charge in [-0.05, 0) is 121 Å². The van der Waals surface area contributed by atoms with Crippen molar-refractivity contribution in [2.75, 3.05) is 29.4 Å². The lowest BCUT2D eigenvalue weighted by molar-refractivity contribution is 1.12. The molecule has 0 unspecified atom stereocenters. The highest BCUT2D eigenvalue weighted by atomic mass is 15.3. The average molecular weight is 872 g/mol. The fourth-order valence-corrected chi connectivity index (χ4v) is 10.4. The number of nitriles is 1. The maximum absolute atomic E-state index is 11.3. The van der Waals surface area contributed by atoms with E-state index < -0.39 is 0 Å². The quantitative estimate of drug-likeness (QED) is 0.165. The molecule has 10 aromatic rings. The van der Waals surface area contributed by atoms with Crippen LogP contribution < -0.4 is 29.4 Å². The molecule has 7 heteroatoms. The van der Waals surface area contributed by atoms with Gasteiger partial charge in [-0.3, -0.25) is 0 Å². The summed E-state index contributed by atoms with van der Waals surface area (Å²) in [4.78, 5) is 14.2. The molecule has 0 aromatic heterocycles. The summed E-state index contributed by atoms with van der Waals surface area (Å²) in [6.07, 6.45) is 0. The van der Waals surface area contributed by atoms with E-state index in [1.54, 1.807) is 0 Å². The number of hydrogen-bond donors (Lipinski definition) is 0. The Morgan fingerprint density at radius 1 is 0.221 bits per heavy atom. The van der Waals surface area contributed by atoms with Crippen LogP contribution in [0.15, 0.2) is 249 Å². The maximum atomic E-state index is 11.3. The molecular formula is C61H41N7. The van der Waals surface area contributed by atoms with E-state index in [1.807, 2.05) is 0 Å². The van der Waals surface area contributed by atoms with Crippen molar-refractivity contribution in [3.63, 3.8) is 0 Å². The van der Waals surface area contributed by atoms with Crippen molar-refractivity contribution in [3.8, 4) is 6.07 Å². The molecule has 0 radical (unpaired) electrons. The Morgan fingerprint density at radius 2 is 0.426 bits per heavy atom. The van der Waals surface area contributed by atoms with Crippen LogP contribution in [-0.2, 0) is 0 Å². The van der Waals surface area contributed by atoms with E-state index in [1.165, 1.54) is 0 Å². The molecule has 10 aromatic carbocycles. The smallest absolute Gasteiger partial charge is 0.0993 e. The van der Waals surface area contributed by atoms with Gasteiger partial charge in [0.15, 0.2) is 0 Å². The molecule has 0 aliphatic carbocycles. The maximum Gasteiger partial charge on any atom is 0.0993 e. The third-order valence-electron chi connectivity index (χ3n) is 13.1. The summed E-state index contributed by atoms with van der Waals surface area (Å²) in [6, 6.07) is 90.3. The van der Waals surface area contributed by atoms with Crippen LogP contribution in [0.1, 0.15) is 5.56 Å². The zero-order chi connectivity index (χ0) is 45.1. The van der Waals surface area contributed by atoms with Gasteiger partial charge in [0.05, 0.1) is 96.9 Å². The van der Waals surface area contributed by atoms with E-state index in [9.17, 15) is 5.26 Å². The molecule has 0 amide bonds. The van der Waals surface area contributed by atoms with Gasteiger partial charge >= 0.3 is 0 Å². The summed E-state index contributed by atoms with van der Waals surface area (Å²) in [5, 5.41) is 11.3. The Labute approximate surface area is 395 Å². The minimum absolute atomic E-state index is 0.532. The summed E-state index contributed by atoms with van der Waals surface area (Å²) < 4.78 is 0. The standard InChI is InChI=1S/C61H41N7/c62-42-43-40-59(66-53-34-16-10-28-47(53)63(44-22-4-1-5-23-44)48-29-11-17-35-54(48)66)61(68-57-38-20-14-32-51(57)65(46-26-8-3-9-27-46)52-33-15-21-39-58(52)68)60(41-43)67-55-36-18-12-30-49(55)64(45-24-6-2-7-25-45)50-31-13-19-37-56(50)67/h1-41H. The van der Waals surface area contributed by atoms with Crippen molar-refractivity contribution in [2.24, 2.45) is 0 Å². The molecule has 3 aliphatic rings. The Bertz CT molecular complexity index is 3290. The second-order valence-corrected chi connectivity index (χ2v) is 16.9. The molecule has 7 nitrogen and oxygen atoms in total. The number of para-hydroxylation sites is 15. The van der Waals surface area contributed by atoms with Crippen LogP contribution in [0.25, 0.3) is 0 Å². The number of benzene rings is 10. The predicted molar refractivity (Wildman–Crippen MR) is 280 cm³/mol. The largest absolute Gasteiger partial charge is 0.306 e. The normalized spacial score (nSPS) is 13.1. The van der Waals surface area contributed by atoms with Crippen molar-refractivity contribution >= 4 is 102 Å². The van der Waals surface area contributed by atoms with Gasteiger partial charge in [-0.1, -0.05) is 127 Å². The van der Waals surface area contributed by atoms with Crippen LogP contribution in [-0.4, -0.2) is 0 Å². The first-order valence-electron chi connectivity index (χ1n) is 22.8. The van der Waals surface area contributed by atoms with E-state index in [0.29, 0.717) is 5.56 Å². The summed E-state index contributed by atoms with van der Waals surface area (Å²) in [7, 11) is 0. The highest BCUT2D eigenvalue weighted by molar-refractivity contribution is 6.13. The van der Waals surface area contributed by atoms with Crippen molar-refractivity contribution in [1.29, 1.82) is 5.26 Å². The van der Waals surface area contributed by atoms with Crippen LogP contribution in [0, 0.1) is 11.3 Å². The van der Waals surface area contributed by atoms with Crippen LogP contribution in [0.5, 0.6) is 0 Å². The molecule has 0 saturated carbocycles. The predicted octanol–water partition coefficient (Wildman–Crippen LogP) is 17.3. The Hall–Kier alpha value is -9.51. The van der Waals surface area contributed by atoms with Gasteiger partial charge in [0.2, 0.25) is 0 Å². The number of fused-ring (bicyclic) bond motifs is 6. The molecule has 68 heavy (non-hydrogen) atoms. The van der Waals surface area contributed by atoms with Crippen molar-refractivity contribution in [2.45, 2.75) is 0 Å². The SMILES string of the molecule is N#Cc1cc(N2c3ccccc3N(c3ccccc3)c3ccccc32)c(N2c3ccccc3N(c3ccccc3)c3ccccc32)c(N2c3ccccc3N(c3ccccc3)c3ccccc32)c1. The number of nitrogens with zero attached hydrogens (tertiary/aromatic N) is 7. The summed E-state index contributed by atoms with van der Waals surface area (Å²) in [5.74, 6) is 0. The minimum atomic E-state index is 0.532. The highest BCUT2D eigenvalue weighted by Crippen LogP contribution is 2.64. The molecule has 320 valence electrons. The van der Waals surface area contributed by atoms with Gasteiger partial charge in [-0.25, -0.2) is 0 Å². The van der Waals surface area contributed by atoms with E-state index >= 15 is 0 Å². The first-order chi connectivity index (χ1) is 33.8. The molecule has 0 spiro atoms. The fraction of sp³-hybridized carbons (Fsp3) is 0. The lowest BCUT2D eigenvalue weighted by Crippen LogP contribution is -2.30. The second kappa shape index (κ2) is 15.9. The molecule has 0 fully saturated rings. The van der Waals surface area contributed by atoms with Crippen LogP contribution in [0.2, 0.25) is 0 Å². The zero-order valence-electron chi connectivity index (χ0n) is 36.8. The van der Waals surface area contributed by atoms with Crippen molar-refractivity contribution in [3.05, 3.63) is 254 Å². The summed E-state index contributed by atoms with van der Waals surface area (Å²) in [6.45, 7) is 0. The first-order valence-corrected chi connectivity index (χ1v) is 22.8. The molecule has 0 saturated heterocycles. The van der Waals surface area contributed by atoms with Gasteiger partial charge in [0.1, 0.15) is 0 Å². The fourth-order valence-electron chi connectivity index (χ4n) is 10.4. The van der Waals surface area contributed by atoms with Gasteiger partial charge < -0.3 is 29.4 Å². The molecule has 3 heterocycles. The molecule has 13 rings (SSSR count). The lowest BCUT2D eigenvalue weighted by Gasteiger charge is -2.46. The summed E-state index contributed by atoms with van der Waals surface area (Å²) >= 11 is 0. The van der Waals surface area contributed by atoms with Crippen LogP contribution >= 0.6 is 0 Å². The van der Waals surface area contributed by atoms with E-state index in [4.69, 9.17) is 0 Å². The average Bonchev–Trinajstić information content (AvgIpc) is 3.41. The van der Waals surface area contributed by atoms with Crippen molar-refractivity contribution < 1.29 is 0 Å². The summed E-state index contributed by atoms with van der Waals surface area (Å²) in [5.41, 5.74) is 18.4. The van der Waals surface area contributed by atoms with Crippen molar-refractivity contribution in [1.82, 2.24) is 0 Å². The third kappa shape index (κ3) is 5.98. The molecule has 0 atom stereocenters. The zero-order valence-corrected chi connectivity index (χ0v) is 36.8. The Kier molecular flexibility index (Phi) is 9.08. The lowest BCUT2D eigenvalue weighted by atomic mass is 9.98.